The number of benzene rings is 1. The van der Waals surface area contributed by atoms with Crippen LogP contribution in [-0.4, -0.2) is 51.4 Å². The first-order valence-corrected chi connectivity index (χ1v) is 9.25. The number of anilines is 1. The topological polar surface area (TPSA) is 84.0 Å². The van der Waals surface area contributed by atoms with Crippen LogP contribution in [0.25, 0.3) is 0 Å². The van der Waals surface area contributed by atoms with Gasteiger partial charge in [-0.3, -0.25) is 4.79 Å². The van der Waals surface area contributed by atoms with Crippen molar-refractivity contribution in [3.05, 3.63) is 29.8 Å². The van der Waals surface area contributed by atoms with Crippen molar-refractivity contribution in [1.29, 1.82) is 0 Å². The molecule has 0 saturated carbocycles. The molecular weight excluding hydrogens is 332 g/mol. The van der Waals surface area contributed by atoms with Crippen molar-refractivity contribution in [2.45, 2.75) is 38.8 Å². The molecule has 144 valence electrons. The fraction of sp³-hybridized carbons (Fsp3) is 0.579. The van der Waals surface area contributed by atoms with E-state index in [1.165, 1.54) is 0 Å². The number of aliphatic imine (C=N–C) groups is 1. The van der Waals surface area contributed by atoms with Crippen molar-refractivity contribution in [2.75, 3.05) is 38.7 Å². The van der Waals surface area contributed by atoms with E-state index in [-0.39, 0.29) is 12.0 Å². The highest BCUT2D eigenvalue weighted by Crippen LogP contribution is 2.16. The van der Waals surface area contributed by atoms with Crippen molar-refractivity contribution < 1.29 is 14.3 Å². The number of ether oxygens (including phenoxy) is 2. The van der Waals surface area contributed by atoms with E-state index in [1.807, 2.05) is 31.2 Å². The first kappa shape index (κ1) is 20.2. The smallest absolute Gasteiger partial charge is 0.253 e. The fourth-order valence-corrected chi connectivity index (χ4v) is 2.69. The highest BCUT2D eigenvalue weighted by molar-refractivity contribution is 5.94. The largest absolute Gasteiger partial charge is 0.385 e. The van der Waals surface area contributed by atoms with E-state index in [9.17, 15) is 4.79 Å². The zero-order chi connectivity index (χ0) is 18.6. The maximum atomic E-state index is 12.2. The first-order valence-electron chi connectivity index (χ1n) is 9.25. The van der Waals surface area contributed by atoms with Crippen LogP contribution >= 0.6 is 0 Å². The second-order valence-electron chi connectivity index (χ2n) is 6.16. The lowest BCUT2D eigenvalue weighted by atomic mass is 10.2. The minimum atomic E-state index is -0.326. The Balaban J connectivity index is 1.89. The normalized spacial score (nSPS) is 17.2. The zero-order valence-electron chi connectivity index (χ0n) is 15.7. The highest BCUT2D eigenvalue weighted by atomic mass is 16.5. The van der Waals surface area contributed by atoms with Crippen LogP contribution in [0.3, 0.4) is 0 Å². The third kappa shape index (κ3) is 7.01. The van der Waals surface area contributed by atoms with E-state index in [0.717, 1.165) is 56.2 Å². The number of methoxy groups -OCH3 is 1. The quantitative estimate of drug-likeness (QED) is 0.355. The Morgan fingerprint density at radius 1 is 1.38 bits per heavy atom. The summed E-state index contributed by atoms with van der Waals surface area (Å²) in [6, 6.07) is 7.76. The van der Waals surface area contributed by atoms with Gasteiger partial charge in [0.2, 0.25) is 0 Å². The third-order valence-corrected chi connectivity index (χ3v) is 4.00. The molecule has 1 amide bonds. The number of nitrogens with one attached hydrogen (secondary N) is 3. The molecule has 7 heteroatoms. The third-order valence-electron chi connectivity index (χ3n) is 4.00. The molecule has 1 aliphatic rings. The van der Waals surface area contributed by atoms with Gasteiger partial charge in [-0.15, -0.1) is 0 Å². The first-order chi connectivity index (χ1) is 12.7. The van der Waals surface area contributed by atoms with E-state index < -0.39 is 0 Å². The molecule has 1 aromatic carbocycles. The molecule has 0 radical (unpaired) electrons. The summed E-state index contributed by atoms with van der Waals surface area (Å²) in [5.41, 5.74) is 1.81. The van der Waals surface area contributed by atoms with Crippen molar-refractivity contribution in [3.8, 4) is 0 Å². The molecule has 1 aliphatic heterocycles. The lowest BCUT2D eigenvalue weighted by Gasteiger charge is -2.12. The van der Waals surface area contributed by atoms with Gasteiger partial charge in [0.15, 0.2) is 5.96 Å². The molecule has 0 spiro atoms. The van der Waals surface area contributed by atoms with Crippen LogP contribution in [0, 0.1) is 0 Å². The summed E-state index contributed by atoms with van der Waals surface area (Å²) in [7, 11) is 1.70. The molecule has 0 bridgehead atoms. The van der Waals surface area contributed by atoms with Crippen molar-refractivity contribution in [2.24, 2.45) is 4.99 Å². The maximum Gasteiger partial charge on any atom is 0.253 e. The van der Waals surface area contributed by atoms with E-state index >= 15 is 0 Å². The second kappa shape index (κ2) is 11.5. The molecule has 1 fully saturated rings. The molecule has 1 saturated heterocycles. The molecule has 1 atom stereocenters. The van der Waals surface area contributed by atoms with Gasteiger partial charge < -0.3 is 25.4 Å². The molecule has 7 nitrogen and oxygen atoms in total. The summed E-state index contributed by atoms with van der Waals surface area (Å²) in [6.45, 7) is 5.55. The predicted molar refractivity (Wildman–Crippen MR) is 103 cm³/mol. The maximum absolute atomic E-state index is 12.2. The van der Waals surface area contributed by atoms with Crippen LogP contribution < -0.4 is 16.0 Å². The number of carbonyl (C=O) groups excluding carboxylic acids is 1. The summed E-state index contributed by atoms with van der Waals surface area (Å²) < 4.78 is 10.5. The standard InChI is InChI=1S/C19H30N4O3/c1-3-20-19(21-10-6-11-25-2)22-14-15-7-4-8-16(13-15)23-18(24)17-9-5-12-26-17/h4,7-8,13,17H,3,5-6,9-12,14H2,1-2H3,(H,23,24)(H2,20,21,22). The van der Waals surface area contributed by atoms with Crippen molar-refractivity contribution >= 4 is 17.6 Å². The molecule has 1 heterocycles. The number of carbonyl (C=O) groups is 1. The van der Waals surface area contributed by atoms with Crippen LogP contribution in [0.1, 0.15) is 31.7 Å². The average Bonchev–Trinajstić information content (AvgIpc) is 3.18. The van der Waals surface area contributed by atoms with Crippen LogP contribution in [0.4, 0.5) is 5.69 Å². The Kier molecular flexibility index (Phi) is 8.92. The van der Waals surface area contributed by atoms with Crippen LogP contribution in [-0.2, 0) is 20.8 Å². The molecule has 2 rings (SSSR count). The Morgan fingerprint density at radius 2 is 2.27 bits per heavy atom. The van der Waals surface area contributed by atoms with Gasteiger partial charge in [0.1, 0.15) is 6.10 Å². The second-order valence-corrected chi connectivity index (χ2v) is 6.16. The Bertz CT molecular complexity index is 586. The molecule has 0 aliphatic carbocycles. The van der Waals surface area contributed by atoms with Crippen molar-refractivity contribution in [1.82, 2.24) is 10.6 Å². The summed E-state index contributed by atoms with van der Waals surface area (Å²) in [5.74, 6) is 0.702. The number of guanidine groups is 1. The summed E-state index contributed by atoms with van der Waals surface area (Å²) in [5, 5.41) is 9.44. The lowest BCUT2D eigenvalue weighted by Crippen LogP contribution is -2.38. The van der Waals surface area contributed by atoms with E-state index in [2.05, 4.69) is 20.9 Å². The summed E-state index contributed by atoms with van der Waals surface area (Å²) in [4.78, 5) is 16.8. The average molecular weight is 362 g/mol. The van der Waals surface area contributed by atoms with Gasteiger partial charge in [0.25, 0.3) is 5.91 Å². The van der Waals surface area contributed by atoms with Gasteiger partial charge in [-0.1, -0.05) is 12.1 Å². The molecule has 26 heavy (non-hydrogen) atoms. The number of nitrogens with zero attached hydrogens (tertiary/aromatic N) is 1. The van der Waals surface area contributed by atoms with Crippen LogP contribution in [0.15, 0.2) is 29.3 Å². The van der Waals surface area contributed by atoms with Gasteiger partial charge in [0.05, 0.1) is 6.54 Å². The van der Waals surface area contributed by atoms with Crippen LogP contribution in [0.2, 0.25) is 0 Å². The van der Waals surface area contributed by atoms with Gasteiger partial charge in [0, 0.05) is 39.1 Å². The Morgan fingerprint density at radius 3 is 3.00 bits per heavy atom. The lowest BCUT2D eigenvalue weighted by molar-refractivity contribution is -0.124. The minimum Gasteiger partial charge on any atom is -0.385 e. The van der Waals surface area contributed by atoms with E-state index in [1.54, 1.807) is 7.11 Å². The predicted octanol–water partition coefficient (Wildman–Crippen LogP) is 1.90. The minimum absolute atomic E-state index is 0.0729. The summed E-state index contributed by atoms with van der Waals surface area (Å²) in [6.07, 6.45) is 2.33. The molecule has 3 N–H and O–H groups in total. The van der Waals surface area contributed by atoms with Gasteiger partial charge >= 0.3 is 0 Å². The van der Waals surface area contributed by atoms with Crippen molar-refractivity contribution in [3.63, 3.8) is 0 Å². The highest BCUT2D eigenvalue weighted by Gasteiger charge is 2.23. The Hall–Kier alpha value is -2.12. The monoisotopic (exact) mass is 362 g/mol. The number of rotatable bonds is 9. The van der Waals surface area contributed by atoms with Gasteiger partial charge in [-0.2, -0.15) is 0 Å². The molecule has 0 aromatic heterocycles. The number of hydrogen-bond donors (Lipinski definition) is 3. The molecule has 1 unspecified atom stereocenters. The fourth-order valence-electron chi connectivity index (χ4n) is 2.69. The molecular formula is C19H30N4O3. The van der Waals surface area contributed by atoms with E-state index in [0.29, 0.717) is 13.2 Å². The SMILES string of the molecule is CCNC(=NCc1cccc(NC(=O)C2CCCO2)c1)NCCCOC. The van der Waals surface area contributed by atoms with Gasteiger partial charge in [-0.25, -0.2) is 4.99 Å². The number of amides is 1. The summed E-state index contributed by atoms with van der Waals surface area (Å²) >= 11 is 0. The van der Waals surface area contributed by atoms with E-state index in [4.69, 9.17) is 9.47 Å². The Labute approximate surface area is 155 Å². The molecule has 1 aromatic rings. The zero-order valence-corrected chi connectivity index (χ0v) is 15.7. The van der Waals surface area contributed by atoms with Gasteiger partial charge in [-0.05, 0) is 43.9 Å². The van der Waals surface area contributed by atoms with Crippen LogP contribution in [0.5, 0.6) is 0 Å². The number of hydrogen-bond acceptors (Lipinski definition) is 4.